The van der Waals surface area contributed by atoms with Crippen molar-refractivity contribution in [3.05, 3.63) is 370 Å². The molecule has 0 N–H and O–H groups in total. The summed E-state index contributed by atoms with van der Waals surface area (Å²) >= 11 is 0. The van der Waals surface area contributed by atoms with Gasteiger partial charge in [-0.2, -0.15) is 0 Å². The molecular formula is C94H86O16. The highest BCUT2D eigenvalue weighted by molar-refractivity contribution is 5.71. The standard InChI is InChI=1S/C94H86O16/c1-5-97-65(4)108-92-87-83(105-62-73-44-28-13-29-45-73)54-82(104-61-72-42-26-12-27-43-72)86(91(87)110-90(94(92)107-64(3)96)75-47-49-78(100-57-68-34-18-8-19-35-68)80(51-75)102-59-70-38-22-10-23-39-70)88-85-81(103-60-71-40-24-11-25-41-71)52-76(98-55-66-30-14-6-15-31-66)53-84(85)109-89(93(88)106-63(2)95)74-46-48-77(99-56-67-32-16-7-17-33-67)79(50-74)101-58-69-36-20-9-21-37-69/h6-54,65,88-90,92-94H,5,55-62H2,1-4H3/t65?,88-,89-,90-,92+,93-,94+/m1/s1. The van der Waals surface area contributed by atoms with Crippen molar-refractivity contribution in [3.8, 4) is 57.5 Å². The molecule has 0 spiro atoms. The highest BCUT2D eigenvalue weighted by Gasteiger charge is 2.53. The van der Waals surface area contributed by atoms with E-state index < -0.39 is 54.7 Å². The lowest BCUT2D eigenvalue weighted by molar-refractivity contribution is -0.213. The van der Waals surface area contributed by atoms with Gasteiger partial charge in [-0.15, -0.1) is 0 Å². The number of esters is 2. The average molecular weight is 1470 g/mol. The summed E-state index contributed by atoms with van der Waals surface area (Å²) < 4.78 is 98.6. The van der Waals surface area contributed by atoms with E-state index in [4.69, 9.17) is 66.3 Å². The molecule has 110 heavy (non-hydrogen) atoms. The normalized spacial score (nSPS) is 16.4. The summed E-state index contributed by atoms with van der Waals surface area (Å²) in [7, 11) is 0. The van der Waals surface area contributed by atoms with E-state index in [0.717, 1.165) is 44.5 Å². The number of carbonyl (C=O) groups is 2. The summed E-state index contributed by atoms with van der Waals surface area (Å²) in [5.41, 5.74) is 9.27. The first-order valence-electron chi connectivity index (χ1n) is 37.0. The Bertz CT molecular complexity index is 4960. The molecule has 0 aliphatic carbocycles. The van der Waals surface area contributed by atoms with Crippen LogP contribution < -0.4 is 47.4 Å². The minimum absolute atomic E-state index is 0.0199. The maximum atomic E-state index is 14.8. The number of fused-ring (bicyclic) bond motifs is 2. The number of ether oxygens (including phenoxy) is 14. The predicted molar refractivity (Wildman–Crippen MR) is 417 cm³/mol. The van der Waals surface area contributed by atoms with Crippen molar-refractivity contribution in [3.63, 3.8) is 0 Å². The van der Waals surface area contributed by atoms with Gasteiger partial charge in [0.1, 0.15) is 93.5 Å². The zero-order chi connectivity index (χ0) is 75.4. The molecule has 0 saturated carbocycles. The first-order chi connectivity index (χ1) is 54.0. The molecule has 0 radical (unpaired) electrons. The summed E-state index contributed by atoms with van der Waals surface area (Å²) in [6.07, 6.45) is -7.31. The van der Waals surface area contributed by atoms with E-state index in [1.54, 1.807) is 6.92 Å². The molecular weight excluding hydrogens is 1390 g/mol. The molecule has 16 heteroatoms. The Labute approximate surface area is 641 Å². The van der Waals surface area contributed by atoms with E-state index in [-0.39, 0.29) is 76.7 Å². The summed E-state index contributed by atoms with van der Waals surface area (Å²) in [6.45, 7) is 7.76. The van der Waals surface area contributed by atoms with Crippen LogP contribution in [0.3, 0.4) is 0 Å². The van der Waals surface area contributed by atoms with E-state index in [9.17, 15) is 9.59 Å². The third-order valence-corrected chi connectivity index (χ3v) is 18.8. The van der Waals surface area contributed by atoms with Crippen molar-refractivity contribution in [2.24, 2.45) is 0 Å². The van der Waals surface area contributed by atoms with Gasteiger partial charge >= 0.3 is 11.9 Å². The number of hydrogen-bond acceptors (Lipinski definition) is 16. The molecule has 14 rings (SSSR count). The first kappa shape index (κ1) is 74.4. The summed E-state index contributed by atoms with van der Waals surface area (Å²) in [6, 6.07) is 95.3. The van der Waals surface area contributed by atoms with Crippen LogP contribution in [-0.2, 0) is 81.4 Å². The van der Waals surface area contributed by atoms with Crippen LogP contribution in [0.4, 0.5) is 0 Å². The molecule has 16 nitrogen and oxygen atoms in total. The van der Waals surface area contributed by atoms with Crippen molar-refractivity contribution in [1.29, 1.82) is 0 Å². The fourth-order valence-electron chi connectivity index (χ4n) is 13.7. The predicted octanol–water partition coefficient (Wildman–Crippen LogP) is 20.0. The molecule has 0 amide bonds. The molecule has 558 valence electrons. The van der Waals surface area contributed by atoms with E-state index in [1.165, 1.54) is 13.8 Å². The average Bonchev–Trinajstić information content (AvgIpc) is 0.712. The number of rotatable bonds is 33. The SMILES string of the molecule is CCOC(C)O[C@H]1c2c(OCc3ccccc3)cc(OCc3ccccc3)c([C@H]3c4c(OCc5ccccc5)cc(OCc5ccccc5)cc4O[C@H](c4ccc(OCc5ccccc5)c(OCc5ccccc5)c4)[C@@H]3OC(C)=O)c2O[C@H](c2ccc(OCc3ccccc3)c(OCc3ccccc3)c2)[C@@H]1OC(C)=O. The smallest absolute Gasteiger partial charge is 0.303 e. The third-order valence-electron chi connectivity index (χ3n) is 18.8. The Kier molecular flexibility index (Phi) is 24.6. The van der Waals surface area contributed by atoms with E-state index >= 15 is 0 Å². The van der Waals surface area contributed by atoms with Crippen molar-refractivity contribution in [2.75, 3.05) is 6.61 Å². The third kappa shape index (κ3) is 18.9. The van der Waals surface area contributed by atoms with Crippen molar-refractivity contribution in [1.82, 2.24) is 0 Å². The van der Waals surface area contributed by atoms with Gasteiger partial charge < -0.3 is 66.3 Å². The lowest BCUT2D eigenvalue weighted by atomic mass is 9.76. The topological polar surface area (TPSA) is 163 Å². The Morgan fingerprint density at radius 2 is 0.664 bits per heavy atom. The molecule has 2 aliphatic rings. The van der Waals surface area contributed by atoms with Gasteiger partial charge in [0.05, 0.1) is 11.5 Å². The number of benzene rings is 12. The Balaban J connectivity index is 1.04. The van der Waals surface area contributed by atoms with E-state index in [2.05, 4.69) is 0 Å². The Hall–Kier alpha value is -12.5. The van der Waals surface area contributed by atoms with Crippen molar-refractivity contribution in [2.45, 2.75) is 123 Å². The second-order valence-corrected chi connectivity index (χ2v) is 26.8. The fraction of sp³-hybridized carbons (Fsp3) is 0.213. The minimum Gasteiger partial charge on any atom is -0.489 e. The molecule has 0 saturated heterocycles. The lowest BCUT2D eigenvalue weighted by Gasteiger charge is -2.44. The summed E-state index contributed by atoms with van der Waals surface area (Å²) in [4.78, 5) is 29.0. The van der Waals surface area contributed by atoms with Gasteiger partial charge in [-0.1, -0.05) is 255 Å². The van der Waals surface area contributed by atoms with Gasteiger partial charge in [0.2, 0.25) is 0 Å². The van der Waals surface area contributed by atoms with Crippen LogP contribution in [0, 0.1) is 0 Å². The maximum Gasteiger partial charge on any atom is 0.303 e. The van der Waals surface area contributed by atoms with Crippen LogP contribution in [0.1, 0.15) is 124 Å². The Morgan fingerprint density at radius 3 is 1.04 bits per heavy atom. The van der Waals surface area contributed by atoms with E-state index in [0.29, 0.717) is 68.1 Å². The summed E-state index contributed by atoms with van der Waals surface area (Å²) in [5.74, 6) is 0.856. The monoisotopic (exact) mass is 1470 g/mol. The van der Waals surface area contributed by atoms with E-state index in [1.807, 2.05) is 304 Å². The van der Waals surface area contributed by atoms with Crippen LogP contribution in [0.15, 0.2) is 297 Å². The van der Waals surface area contributed by atoms with Gasteiger partial charge in [-0.05, 0) is 82.6 Å². The van der Waals surface area contributed by atoms with Crippen LogP contribution in [-0.4, -0.2) is 37.0 Å². The molecule has 0 aromatic heterocycles. The van der Waals surface area contributed by atoms with Crippen LogP contribution in [0.2, 0.25) is 0 Å². The lowest BCUT2D eigenvalue weighted by Crippen LogP contribution is -2.42. The second kappa shape index (κ2) is 36.4. The van der Waals surface area contributed by atoms with Gasteiger partial charge in [0, 0.05) is 60.9 Å². The molecule has 2 aliphatic heterocycles. The molecule has 2 heterocycles. The zero-order valence-corrected chi connectivity index (χ0v) is 61.7. The molecule has 12 aromatic carbocycles. The molecule has 12 aromatic rings. The minimum atomic E-state index is -1.35. The highest BCUT2D eigenvalue weighted by Crippen LogP contribution is 2.61. The van der Waals surface area contributed by atoms with Crippen molar-refractivity contribution >= 4 is 11.9 Å². The first-order valence-corrected chi connectivity index (χ1v) is 37.0. The number of carbonyl (C=O) groups excluding carboxylic acids is 2. The van der Waals surface area contributed by atoms with Crippen molar-refractivity contribution < 1.29 is 75.9 Å². The molecule has 7 atom stereocenters. The largest absolute Gasteiger partial charge is 0.489 e. The number of hydrogen-bond donors (Lipinski definition) is 0. The fourth-order valence-corrected chi connectivity index (χ4v) is 13.7. The van der Waals surface area contributed by atoms with Gasteiger partial charge in [0.15, 0.2) is 53.7 Å². The maximum absolute atomic E-state index is 14.8. The Morgan fingerprint density at radius 1 is 0.336 bits per heavy atom. The van der Waals surface area contributed by atoms with Gasteiger partial charge in [0.25, 0.3) is 0 Å². The van der Waals surface area contributed by atoms with Crippen LogP contribution in [0.5, 0.6) is 57.5 Å². The molecule has 0 bridgehead atoms. The highest BCUT2D eigenvalue weighted by atomic mass is 16.7. The zero-order valence-electron chi connectivity index (χ0n) is 61.7. The van der Waals surface area contributed by atoms with Gasteiger partial charge in [-0.25, -0.2) is 0 Å². The molecule has 0 fully saturated rings. The summed E-state index contributed by atoms with van der Waals surface area (Å²) in [5, 5.41) is 0. The van der Waals surface area contributed by atoms with Crippen LogP contribution >= 0.6 is 0 Å². The quantitative estimate of drug-likeness (QED) is 0.0282. The second-order valence-electron chi connectivity index (χ2n) is 26.8. The van der Waals surface area contributed by atoms with Crippen LogP contribution in [0.25, 0.3) is 0 Å². The molecule has 1 unspecified atom stereocenters. The van der Waals surface area contributed by atoms with Gasteiger partial charge in [-0.3, -0.25) is 9.59 Å².